The van der Waals surface area contributed by atoms with Crippen LogP contribution in [0.5, 0.6) is 0 Å². The minimum absolute atomic E-state index is 0.205. The predicted octanol–water partition coefficient (Wildman–Crippen LogP) is 2.62. The molecular formula is C10H13Cl2N3O. The molecule has 1 aliphatic heterocycles. The van der Waals surface area contributed by atoms with Crippen molar-refractivity contribution < 1.29 is 4.74 Å². The van der Waals surface area contributed by atoms with E-state index in [0.717, 1.165) is 32.6 Å². The third-order valence-corrected chi connectivity index (χ3v) is 3.04. The van der Waals surface area contributed by atoms with Gasteiger partial charge in [-0.1, -0.05) is 11.6 Å². The Morgan fingerprint density at radius 1 is 1.50 bits per heavy atom. The van der Waals surface area contributed by atoms with Crippen molar-refractivity contribution in [2.45, 2.75) is 12.8 Å². The second kappa shape index (κ2) is 5.66. The Bertz CT molecular complexity index is 356. The van der Waals surface area contributed by atoms with Crippen LogP contribution in [0, 0.1) is 5.92 Å². The van der Waals surface area contributed by atoms with Gasteiger partial charge >= 0.3 is 0 Å². The first-order chi connectivity index (χ1) is 7.75. The van der Waals surface area contributed by atoms with E-state index in [2.05, 4.69) is 15.3 Å². The summed E-state index contributed by atoms with van der Waals surface area (Å²) in [5.41, 5.74) is 0. The van der Waals surface area contributed by atoms with Gasteiger partial charge in [0.15, 0.2) is 0 Å². The number of nitrogens with one attached hydrogen (secondary N) is 1. The van der Waals surface area contributed by atoms with E-state index in [9.17, 15) is 0 Å². The average Bonchev–Trinajstić information content (AvgIpc) is 2.76. The van der Waals surface area contributed by atoms with Crippen LogP contribution in [0.4, 0.5) is 5.82 Å². The Labute approximate surface area is 104 Å². The maximum absolute atomic E-state index is 5.92. The molecule has 0 saturated carbocycles. The van der Waals surface area contributed by atoms with Gasteiger partial charge < -0.3 is 10.1 Å². The third-order valence-electron chi connectivity index (χ3n) is 2.58. The molecule has 1 atom stereocenters. The fourth-order valence-corrected chi connectivity index (χ4v) is 1.97. The standard InChI is InChI=1S/C10H13Cl2N3O/c11-8-5-14-10(12)15-9(8)13-3-1-7-2-4-16-6-7/h5,7H,1-4,6H2,(H,13,14,15). The molecule has 2 heterocycles. The Balaban J connectivity index is 1.82. The predicted molar refractivity (Wildman–Crippen MR) is 64.1 cm³/mol. The molecular weight excluding hydrogens is 249 g/mol. The summed E-state index contributed by atoms with van der Waals surface area (Å²) in [5.74, 6) is 1.24. The molecule has 1 unspecified atom stereocenters. The number of anilines is 1. The lowest BCUT2D eigenvalue weighted by Crippen LogP contribution is -2.10. The molecule has 6 heteroatoms. The van der Waals surface area contributed by atoms with Crippen LogP contribution in [0.2, 0.25) is 10.3 Å². The zero-order valence-electron chi connectivity index (χ0n) is 8.75. The van der Waals surface area contributed by atoms with Gasteiger partial charge in [0.1, 0.15) is 10.8 Å². The number of ether oxygens (including phenoxy) is 1. The Hall–Kier alpha value is -0.580. The summed E-state index contributed by atoms with van der Waals surface area (Å²) < 4.78 is 5.30. The molecule has 4 nitrogen and oxygen atoms in total. The molecule has 1 N–H and O–H groups in total. The SMILES string of the molecule is Clc1ncc(Cl)c(NCCC2CCOC2)n1. The van der Waals surface area contributed by atoms with E-state index in [1.165, 1.54) is 6.20 Å². The van der Waals surface area contributed by atoms with Crippen LogP contribution in [-0.2, 0) is 4.74 Å². The van der Waals surface area contributed by atoms with E-state index in [1.54, 1.807) is 0 Å². The molecule has 1 saturated heterocycles. The molecule has 0 bridgehead atoms. The van der Waals surface area contributed by atoms with Crippen molar-refractivity contribution in [3.8, 4) is 0 Å². The smallest absolute Gasteiger partial charge is 0.224 e. The first kappa shape index (κ1) is 11.9. The van der Waals surface area contributed by atoms with Crippen molar-refractivity contribution in [3.63, 3.8) is 0 Å². The van der Waals surface area contributed by atoms with Crippen LogP contribution in [0.3, 0.4) is 0 Å². The van der Waals surface area contributed by atoms with Crippen molar-refractivity contribution in [2.24, 2.45) is 5.92 Å². The van der Waals surface area contributed by atoms with Crippen LogP contribution < -0.4 is 5.32 Å². The van der Waals surface area contributed by atoms with Crippen LogP contribution in [0.15, 0.2) is 6.20 Å². The fourth-order valence-electron chi connectivity index (χ4n) is 1.68. The third kappa shape index (κ3) is 3.20. The molecule has 1 fully saturated rings. The molecule has 0 radical (unpaired) electrons. The Morgan fingerprint density at radius 3 is 3.12 bits per heavy atom. The van der Waals surface area contributed by atoms with E-state index in [0.29, 0.717) is 16.8 Å². The highest BCUT2D eigenvalue weighted by Crippen LogP contribution is 2.21. The molecule has 2 rings (SSSR count). The maximum atomic E-state index is 5.92. The molecule has 0 amide bonds. The molecule has 0 spiro atoms. The quantitative estimate of drug-likeness (QED) is 0.847. The normalized spacial score (nSPS) is 20.0. The van der Waals surface area contributed by atoms with Gasteiger partial charge in [-0.25, -0.2) is 4.98 Å². The summed E-state index contributed by atoms with van der Waals surface area (Å²) in [7, 11) is 0. The number of hydrogen-bond donors (Lipinski definition) is 1. The largest absolute Gasteiger partial charge is 0.381 e. The second-order valence-corrected chi connectivity index (χ2v) is 4.53. The van der Waals surface area contributed by atoms with Crippen molar-refractivity contribution >= 4 is 29.0 Å². The number of halogens is 2. The topological polar surface area (TPSA) is 47.0 Å². The van der Waals surface area contributed by atoms with Crippen molar-refractivity contribution in [1.29, 1.82) is 0 Å². The second-order valence-electron chi connectivity index (χ2n) is 3.78. The summed E-state index contributed by atoms with van der Waals surface area (Å²) in [6, 6.07) is 0. The van der Waals surface area contributed by atoms with E-state index in [1.807, 2.05) is 0 Å². The van der Waals surface area contributed by atoms with Crippen molar-refractivity contribution in [3.05, 3.63) is 16.5 Å². The zero-order valence-corrected chi connectivity index (χ0v) is 10.3. The van der Waals surface area contributed by atoms with Gasteiger partial charge in [0.25, 0.3) is 0 Å². The maximum Gasteiger partial charge on any atom is 0.224 e. The van der Waals surface area contributed by atoms with Crippen LogP contribution in [0.1, 0.15) is 12.8 Å². The number of rotatable bonds is 4. The van der Waals surface area contributed by atoms with Gasteiger partial charge in [0.05, 0.1) is 6.20 Å². The van der Waals surface area contributed by atoms with Gasteiger partial charge in [0, 0.05) is 19.8 Å². The minimum Gasteiger partial charge on any atom is -0.381 e. The van der Waals surface area contributed by atoms with E-state index in [4.69, 9.17) is 27.9 Å². The van der Waals surface area contributed by atoms with Crippen LogP contribution in [-0.4, -0.2) is 29.7 Å². The minimum atomic E-state index is 0.205. The highest BCUT2D eigenvalue weighted by Gasteiger charge is 2.15. The van der Waals surface area contributed by atoms with Gasteiger partial charge in [0.2, 0.25) is 5.28 Å². The number of nitrogens with zero attached hydrogens (tertiary/aromatic N) is 2. The highest BCUT2D eigenvalue weighted by molar-refractivity contribution is 6.33. The van der Waals surface area contributed by atoms with Gasteiger partial charge in [-0.3, -0.25) is 0 Å². The Morgan fingerprint density at radius 2 is 2.38 bits per heavy atom. The van der Waals surface area contributed by atoms with Gasteiger partial charge in [-0.15, -0.1) is 0 Å². The first-order valence-corrected chi connectivity index (χ1v) is 6.01. The lowest BCUT2D eigenvalue weighted by Gasteiger charge is -2.10. The van der Waals surface area contributed by atoms with Crippen LogP contribution in [0.25, 0.3) is 0 Å². The first-order valence-electron chi connectivity index (χ1n) is 5.25. The summed E-state index contributed by atoms with van der Waals surface area (Å²) in [6.07, 6.45) is 3.69. The zero-order chi connectivity index (χ0) is 11.4. The number of aromatic nitrogens is 2. The Kier molecular flexibility index (Phi) is 4.21. The average molecular weight is 262 g/mol. The molecule has 1 aliphatic rings. The van der Waals surface area contributed by atoms with E-state index >= 15 is 0 Å². The molecule has 1 aromatic rings. The fraction of sp³-hybridized carbons (Fsp3) is 0.600. The molecule has 16 heavy (non-hydrogen) atoms. The number of hydrogen-bond acceptors (Lipinski definition) is 4. The summed E-state index contributed by atoms with van der Waals surface area (Å²) in [4.78, 5) is 7.80. The lowest BCUT2D eigenvalue weighted by atomic mass is 10.1. The lowest BCUT2D eigenvalue weighted by molar-refractivity contribution is 0.185. The molecule has 0 aliphatic carbocycles. The monoisotopic (exact) mass is 261 g/mol. The molecule has 0 aromatic carbocycles. The van der Waals surface area contributed by atoms with E-state index in [-0.39, 0.29) is 5.28 Å². The van der Waals surface area contributed by atoms with Crippen LogP contribution >= 0.6 is 23.2 Å². The summed E-state index contributed by atoms with van der Waals surface area (Å²) in [6.45, 7) is 2.56. The van der Waals surface area contributed by atoms with E-state index < -0.39 is 0 Å². The molecule has 88 valence electrons. The van der Waals surface area contributed by atoms with Gasteiger partial charge in [-0.05, 0) is 30.4 Å². The summed E-state index contributed by atoms with van der Waals surface area (Å²) >= 11 is 11.6. The highest BCUT2D eigenvalue weighted by atomic mass is 35.5. The van der Waals surface area contributed by atoms with Crippen molar-refractivity contribution in [2.75, 3.05) is 25.1 Å². The van der Waals surface area contributed by atoms with Gasteiger partial charge in [-0.2, -0.15) is 4.98 Å². The molecule has 1 aromatic heterocycles. The summed E-state index contributed by atoms with van der Waals surface area (Å²) in [5, 5.41) is 3.85. The van der Waals surface area contributed by atoms with Crippen molar-refractivity contribution in [1.82, 2.24) is 9.97 Å².